The summed E-state index contributed by atoms with van der Waals surface area (Å²) >= 11 is 1.52. The van der Waals surface area contributed by atoms with Gasteiger partial charge < -0.3 is 9.72 Å². The Balaban J connectivity index is 1.50. The summed E-state index contributed by atoms with van der Waals surface area (Å²) in [7, 11) is 1.66. The number of nitrogens with one attached hydrogen (secondary N) is 2. The number of aromatic amines is 1. The molecule has 2 N–H and O–H groups in total. The van der Waals surface area contributed by atoms with Crippen LogP contribution < -0.4 is 10.2 Å². The van der Waals surface area contributed by atoms with Gasteiger partial charge in [-0.1, -0.05) is 18.2 Å². The maximum absolute atomic E-state index is 5.19. The maximum Gasteiger partial charge on any atom is 0.203 e. The summed E-state index contributed by atoms with van der Waals surface area (Å²) in [6.07, 6.45) is 1.84. The number of anilines is 1. The minimum absolute atomic E-state index is 0.754. The van der Waals surface area contributed by atoms with Crippen molar-refractivity contribution in [2.75, 3.05) is 12.5 Å². The van der Waals surface area contributed by atoms with Crippen molar-refractivity contribution in [3.05, 3.63) is 65.2 Å². The van der Waals surface area contributed by atoms with Crippen molar-refractivity contribution in [2.24, 2.45) is 5.10 Å². The first-order valence-corrected chi connectivity index (χ1v) is 9.09. The van der Waals surface area contributed by atoms with E-state index in [1.54, 1.807) is 7.11 Å². The minimum Gasteiger partial charge on any atom is -0.497 e. The Hall–Kier alpha value is -3.12. The number of ether oxygens (including phenoxy) is 1. The van der Waals surface area contributed by atoms with Crippen LogP contribution in [0.2, 0.25) is 0 Å². The molecule has 0 saturated heterocycles. The summed E-state index contributed by atoms with van der Waals surface area (Å²) in [5.74, 6) is 0.834. The molecule has 2 aromatic carbocycles. The number of aryl methyl sites for hydroxylation is 1. The molecule has 0 spiro atoms. The van der Waals surface area contributed by atoms with Gasteiger partial charge in [0.2, 0.25) is 5.13 Å². The van der Waals surface area contributed by atoms with E-state index >= 15 is 0 Å². The van der Waals surface area contributed by atoms with E-state index in [1.807, 2.05) is 54.9 Å². The van der Waals surface area contributed by atoms with Gasteiger partial charge in [-0.15, -0.1) is 11.3 Å². The normalized spacial score (nSPS) is 11.3. The van der Waals surface area contributed by atoms with E-state index in [1.165, 1.54) is 11.3 Å². The van der Waals surface area contributed by atoms with Crippen molar-refractivity contribution in [3.63, 3.8) is 0 Å². The average molecular weight is 362 g/mol. The molecule has 0 atom stereocenters. The first-order chi connectivity index (χ1) is 12.7. The van der Waals surface area contributed by atoms with Crippen LogP contribution in [-0.2, 0) is 0 Å². The summed E-state index contributed by atoms with van der Waals surface area (Å²) in [6.45, 7) is 2.05. The number of thiazole rings is 1. The van der Waals surface area contributed by atoms with E-state index in [2.05, 4.69) is 32.6 Å². The summed E-state index contributed by atoms with van der Waals surface area (Å²) in [5, 5.41) is 8.29. The zero-order chi connectivity index (χ0) is 17.9. The Morgan fingerprint density at radius 1 is 1.15 bits per heavy atom. The number of aromatic nitrogens is 2. The Kier molecular flexibility index (Phi) is 4.41. The lowest BCUT2D eigenvalue weighted by molar-refractivity contribution is 0.415. The van der Waals surface area contributed by atoms with Gasteiger partial charge in [0.05, 0.1) is 19.0 Å². The number of hydrazone groups is 1. The summed E-state index contributed by atoms with van der Waals surface area (Å²) in [4.78, 5) is 7.95. The molecule has 4 aromatic rings. The lowest BCUT2D eigenvalue weighted by Gasteiger charge is -2.00. The largest absolute Gasteiger partial charge is 0.497 e. The second-order valence-corrected chi connectivity index (χ2v) is 6.70. The van der Waals surface area contributed by atoms with Crippen LogP contribution in [0.5, 0.6) is 5.75 Å². The molecule has 0 unspecified atom stereocenters. The number of methoxy groups -OCH3 is 1. The topological polar surface area (TPSA) is 62.3 Å². The monoisotopic (exact) mass is 362 g/mol. The average Bonchev–Trinajstić information content (AvgIpc) is 3.27. The number of nitrogens with zero attached hydrogens (tertiary/aromatic N) is 2. The number of hydrogen-bond acceptors (Lipinski definition) is 5. The summed E-state index contributed by atoms with van der Waals surface area (Å²) in [5.41, 5.74) is 8.28. The molecule has 0 aliphatic carbocycles. The molecule has 0 bridgehead atoms. The van der Waals surface area contributed by atoms with Gasteiger partial charge in [-0.3, -0.25) is 5.43 Å². The molecular formula is C20H18N4OS. The highest BCUT2D eigenvalue weighted by Gasteiger charge is 2.06. The van der Waals surface area contributed by atoms with Crippen LogP contribution in [0, 0.1) is 6.92 Å². The second kappa shape index (κ2) is 7.01. The minimum atomic E-state index is 0.754. The molecule has 0 aliphatic heterocycles. The zero-order valence-corrected chi connectivity index (χ0v) is 15.3. The molecule has 0 radical (unpaired) electrons. The Labute approximate surface area is 155 Å². The SMILES string of the molecule is COc1ccc(-c2csc(N/N=C\c3c(C)[nH]c4ccccc34)n2)cc1. The van der Waals surface area contributed by atoms with E-state index in [0.29, 0.717) is 0 Å². The smallest absolute Gasteiger partial charge is 0.203 e. The molecule has 130 valence electrons. The molecule has 2 aromatic heterocycles. The van der Waals surface area contributed by atoms with Crippen molar-refractivity contribution in [1.82, 2.24) is 9.97 Å². The molecule has 0 aliphatic rings. The van der Waals surface area contributed by atoms with Crippen LogP contribution in [0.4, 0.5) is 5.13 Å². The number of hydrogen-bond donors (Lipinski definition) is 2. The van der Waals surface area contributed by atoms with Crippen LogP contribution in [0.1, 0.15) is 11.3 Å². The summed E-state index contributed by atoms with van der Waals surface area (Å²) < 4.78 is 5.19. The van der Waals surface area contributed by atoms with Crippen LogP contribution in [0.15, 0.2) is 59.0 Å². The molecule has 4 rings (SSSR count). The van der Waals surface area contributed by atoms with E-state index in [0.717, 1.165) is 44.3 Å². The quantitative estimate of drug-likeness (QED) is 0.385. The van der Waals surface area contributed by atoms with Crippen LogP contribution >= 0.6 is 11.3 Å². The van der Waals surface area contributed by atoms with Gasteiger partial charge in [-0.25, -0.2) is 4.98 Å². The van der Waals surface area contributed by atoms with Gasteiger partial charge in [0.25, 0.3) is 0 Å². The fourth-order valence-electron chi connectivity index (χ4n) is 2.84. The maximum atomic E-state index is 5.19. The van der Waals surface area contributed by atoms with Gasteiger partial charge >= 0.3 is 0 Å². The third-order valence-corrected chi connectivity index (χ3v) is 4.93. The predicted molar refractivity (Wildman–Crippen MR) is 108 cm³/mol. The number of para-hydroxylation sites is 1. The highest BCUT2D eigenvalue weighted by molar-refractivity contribution is 7.14. The van der Waals surface area contributed by atoms with E-state index in [9.17, 15) is 0 Å². The lowest BCUT2D eigenvalue weighted by Crippen LogP contribution is -1.91. The molecule has 0 amide bonds. The standard InChI is InChI=1S/C20H18N4OS/c1-13-17(16-5-3-4-6-18(16)22-13)11-21-24-20-23-19(12-26-20)14-7-9-15(25-2)10-8-14/h3-12,22H,1-2H3,(H,23,24)/b21-11-. The van der Waals surface area contributed by atoms with E-state index in [4.69, 9.17) is 4.74 Å². The number of fused-ring (bicyclic) bond motifs is 1. The fraction of sp³-hybridized carbons (Fsp3) is 0.100. The Morgan fingerprint density at radius 2 is 1.96 bits per heavy atom. The van der Waals surface area contributed by atoms with Crippen molar-refractivity contribution >= 4 is 33.6 Å². The second-order valence-electron chi connectivity index (χ2n) is 5.85. The highest BCUT2D eigenvalue weighted by atomic mass is 32.1. The highest BCUT2D eigenvalue weighted by Crippen LogP contribution is 2.26. The molecule has 6 heteroatoms. The number of benzene rings is 2. The molecule has 0 saturated carbocycles. The first kappa shape index (κ1) is 16.4. The third kappa shape index (κ3) is 3.19. The summed E-state index contributed by atoms with van der Waals surface area (Å²) in [6, 6.07) is 16.1. The Bertz CT molecular complexity index is 1060. The molecule has 0 fully saturated rings. The van der Waals surface area contributed by atoms with Crippen LogP contribution in [0.3, 0.4) is 0 Å². The lowest BCUT2D eigenvalue weighted by atomic mass is 10.1. The van der Waals surface area contributed by atoms with Gasteiger partial charge in [0, 0.05) is 33.1 Å². The van der Waals surface area contributed by atoms with Crippen molar-refractivity contribution in [1.29, 1.82) is 0 Å². The van der Waals surface area contributed by atoms with Gasteiger partial charge in [0.15, 0.2) is 0 Å². The number of rotatable bonds is 5. The first-order valence-electron chi connectivity index (χ1n) is 8.21. The van der Waals surface area contributed by atoms with Crippen LogP contribution in [0.25, 0.3) is 22.2 Å². The van der Waals surface area contributed by atoms with Crippen molar-refractivity contribution in [3.8, 4) is 17.0 Å². The predicted octanol–water partition coefficient (Wildman–Crippen LogP) is 5.05. The van der Waals surface area contributed by atoms with Gasteiger partial charge in [-0.2, -0.15) is 5.10 Å². The molecule has 2 heterocycles. The molecule has 26 heavy (non-hydrogen) atoms. The molecule has 5 nitrogen and oxygen atoms in total. The zero-order valence-electron chi connectivity index (χ0n) is 14.5. The van der Waals surface area contributed by atoms with Crippen molar-refractivity contribution in [2.45, 2.75) is 6.92 Å². The van der Waals surface area contributed by atoms with E-state index in [-0.39, 0.29) is 0 Å². The van der Waals surface area contributed by atoms with Gasteiger partial charge in [0.1, 0.15) is 5.75 Å². The van der Waals surface area contributed by atoms with Gasteiger partial charge in [-0.05, 0) is 37.3 Å². The van der Waals surface area contributed by atoms with E-state index < -0.39 is 0 Å². The van der Waals surface area contributed by atoms with Crippen LogP contribution in [-0.4, -0.2) is 23.3 Å². The fourth-order valence-corrected chi connectivity index (χ4v) is 3.50. The Morgan fingerprint density at radius 3 is 2.77 bits per heavy atom. The van der Waals surface area contributed by atoms with Crippen molar-refractivity contribution < 1.29 is 4.74 Å². The number of H-pyrrole nitrogens is 1. The molecular weight excluding hydrogens is 344 g/mol. The third-order valence-electron chi connectivity index (χ3n) is 4.19.